The first-order valence-electron chi connectivity index (χ1n) is 10.1. The molecule has 5 heteroatoms. The van der Waals surface area contributed by atoms with Crippen LogP contribution in [0, 0.1) is 13.8 Å². The molecule has 0 aliphatic heterocycles. The number of aryl methyl sites for hydroxylation is 2. The number of hydrogen-bond donors (Lipinski definition) is 0. The molecule has 4 aromatic carbocycles. The minimum absolute atomic E-state index is 0.656. The van der Waals surface area contributed by atoms with Crippen LogP contribution in [0.4, 0.5) is 0 Å². The van der Waals surface area contributed by atoms with E-state index in [0.717, 1.165) is 43.5 Å². The molecule has 1 aromatic heterocycles. The molecule has 0 amide bonds. The lowest BCUT2D eigenvalue weighted by Crippen LogP contribution is -1.93. The molecule has 0 aliphatic carbocycles. The van der Waals surface area contributed by atoms with E-state index in [1.807, 2.05) is 24.3 Å². The largest absolute Gasteiger partial charge is 0.493 e. The van der Waals surface area contributed by atoms with Gasteiger partial charge in [-0.15, -0.1) is 0 Å². The third-order valence-electron chi connectivity index (χ3n) is 6.16. The molecule has 0 aliphatic rings. The van der Waals surface area contributed by atoms with Gasteiger partial charge in [-0.05, 0) is 77.5 Å². The van der Waals surface area contributed by atoms with Crippen molar-refractivity contribution in [2.45, 2.75) is 13.8 Å². The van der Waals surface area contributed by atoms with Gasteiger partial charge < -0.3 is 23.4 Å². The average molecular weight is 416 g/mol. The molecule has 0 bridgehead atoms. The van der Waals surface area contributed by atoms with E-state index in [-0.39, 0.29) is 0 Å². The summed E-state index contributed by atoms with van der Waals surface area (Å²) < 4.78 is 28.8. The number of rotatable bonds is 4. The van der Waals surface area contributed by atoms with Crippen LogP contribution < -0.4 is 18.9 Å². The summed E-state index contributed by atoms with van der Waals surface area (Å²) in [6.07, 6.45) is 0. The highest BCUT2D eigenvalue weighted by atomic mass is 16.5. The van der Waals surface area contributed by atoms with Crippen LogP contribution >= 0.6 is 0 Å². The molecule has 5 aromatic rings. The van der Waals surface area contributed by atoms with Crippen LogP contribution in [-0.4, -0.2) is 28.4 Å². The van der Waals surface area contributed by atoms with Crippen molar-refractivity contribution in [2.24, 2.45) is 0 Å². The Morgan fingerprint density at radius 2 is 0.968 bits per heavy atom. The van der Waals surface area contributed by atoms with Crippen molar-refractivity contribution in [2.75, 3.05) is 28.4 Å². The van der Waals surface area contributed by atoms with Crippen LogP contribution in [0.3, 0.4) is 0 Å². The van der Waals surface area contributed by atoms with Crippen LogP contribution in [0.25, 0.3) is 43.5 Å². The van der Waals surface area contributed by atoms with Crippen molar-refractivity contribution >= 4 is 43.5 Å². The van der Waals surface area contributed by atoms with Crippen molar-refractivity contribution in [3.63, 3.8) is 0 Å². The molecule has 0 saturated carbocycles. The maximum absolute atomic E-state index is 6.44. The maximum Gasteiger partial charge on any atom is 0.161 e. The zero-order chi connectivity index (χ0) is 21.9. The van der Waals surface area contributed by atoms with Gasteiger partial charge in [0.25, 0.3) is 0 Å². The highest BCUT2D eigenvalue weighted by Crippen LogP contribution is 2.47. The number of benzene rings is 4. The van der Waals surface area contributed by atoms with Crippen LogP contribution in [0.1, 0.15) is 11.1 Å². The van der Waals surface area contributed by atoms with E-state index < -0.39 is 0 Å². The van der Waals surface area contributed by atoms with E-state index in [2.05, 4.69) is 26.0 Å². The normalized spacial score (nSPS) is 11.5. The van der Waals surface area contributed by atoms with Gasteiger partial charge in [0.15, 0.2) is 23.0 Å². The Morgan fingerprint density at radius 3 is 1.52 bits per heavy atom. The summed E-state index contributed by atoms with van der Waals surface area (Å²) >= 11 is 0. The van der Waals surface area contributed by atoms with Gasteiger partial charge in [0, 0.05) is 16.2 Å². The van der Waals surface area contributed by atoms with Crippen molar-refractivity contribution in [1.82, 2.24) is 0 Å². The molecule has 31 heavy (non-hydrogen) atoms. The number of hydrogen-bond acceptors (Lipinski definition) is 5. The SMILES string of the molecule is COc1cc2c3cc(OC)c(OC)cc3c3c4cc(C)c(C)cc4oc3c2cc1OC. The second-order valence-corrected chi connectivity index (χ2v) is 7.74. The van der Waals surface area contributed by atoms with Gasteiger partial charge >= 0.3 is 0 Å². The van der Waals surface area contributed by atoms with Crippen LogP contribution in [0.2, 0.25) is 0 Å². The molecule has 5 nitrogen and oxygen atoms in total. The summed E-state index contributed by atoms with van der Waals surface area (Å²) in [7, 11) is 6.58. The predicted molar refractivity (Wildman–Crippen MR) is 124 cm³/mol. The number of methoxy groups -OCH3 is 4. The second kappa shape index (κ2) is 6.98. The fraction of sp³-hybridized carbons (Fsp3) is 0.231. The topological polar surface area (TPSA) is 50.1 Å². The van der Waals surface area contributed by atoms with Gasteiger partial charge in [-0.25, -0.2) is 0 Å². The quantitative estimate of drug-likeness (QED) is 0.311. The summed E-state index contributed by atoms with van der Waals surface area (Å²) in [5.41, 5.74) is 4.09. The molecule has 0 unspecified atom stereocenters. The Labute approximate surface area is 180 Å². The van der Waals surface area contributed by atoms with Crippen molar-refractivity contribution < 1.29 is 23.4 Å². The molecule has 5 rings (SSSR count). The lowest BCUT2D eigenvalue weighted by molar-refractivity contribution is 0.355. The first-order chi connectivity index (χ1) is 15.0. The molecule has 0 N–H and O–H groups in total. The molecular formula is C26H24O5. The molecule has 0 saturated heterocycles. The van der Waals surface area contributed by atoms with E-state index in [9.17, 15) is 0 Å². The van der Waals surface area contributed by atoms with Gasteiger partial charge in [-0.1, -0.05) is 0 Å². The molecule has 0 spiro atoms. The van der Waals surface area contributed by atoms with E-state index in [0.29, 0.717) is 23.0 Å². The van der Waals surface area contributed by atoms with Crippen LogP contribution in [-0.2, 0) is 0 Å². The summed E-state index contributed by atoms with van der Waals surface area (Å²) in [4.78, 5) is 0. The van der Waals surface area contributed by atoms with Crippen molar-refractivity contribution in [3.05, 3.63) is 47.5 Å². The van der Waals surface area contributed by atoms with Gasteiger partial charge in [0.2, 0.25) is 0 Å². The highest BCUT2D eigenvalue weighted by molar-refractivity contribution is 6.31. The first kappa shape index (κ1) is 19.4. The Kier molecular flexibility index (Phi) is 4.36. The summed E-state index contributed by atoms with van der Waals surface area (Å²) in [6.45, 7) is 4.22. The standard InChI is InChI=1S/C26H24O5/c1-13-7-19-20(8-14(13)2)31-26-18-12-24(30-6)22(28-4)10-16(18)15-9-21(27-3)23(29-5)11-17(15)25(19)26/h7-12H,1-6H3. The fourth-order valence-electron chi connectivity index (χ4n) is 4.41. The smallest absolute Gasteiger partial charge is 0.161 e. The third kappa shape index (κ3) is 2.69. The summed E-state index contributed by atoms with van der Waals surface area (Å²) in [5, 5.41) is 6.14. The number of fused-ring (bicyclic) bond motifs is 8. The highest BCUT2D eigenvalue weighted by Gasteiger charge is 2.21. The van der Waals surface area contributed by atoms with E-state index in [4.69, 9.17) is 23.4 Å². The molecule has 158 valence electrons. The minimum atomic E-state index is 0.656. The lowest BCUT2D eigenvalue weighted by Gasteiger charge is -2.14. The second-order valence-electron chi connectivity index (χ2n) is 7.74. The van der Waals surface area contributed by atoms with Crippen LogP contribution in [0.5, 0.6) is 23.0 Å². The average Bonchev–Trinajstić information content (AvgIpc) is 3.15. The third-order valence-corrected chi connectivity index (χ3v) is 6.16. The summed E-state index contributed by atoms with van der Waals surface area (Å²) in [6, 6.07) is 12.3. The molecule has 0 fully saturated rings. The zero-order valence-electron chi connectivity index (χ0n) is 18.5. The van der Waals surface area contributed by atoms with Crippen LogP contribution in [0.15, 0.2) is 40.8 Å². The maximum atomic E-state index is 6.44. The van der Waals surface area contributed by atoms with Gasteiger partial charge in [-0.2, -0.15) is 0 Å². The Balaban J connectivity index is 2.10. The fourth-order valence-corrected chi connectivity index (χ4v) is 4.41. The van der Waals surface area contributed by atoms with Gasteiger partial charge in [-0.3, -0.25) is 0 Å². The molecule has 0 radical (unpaired) electrons. The van der Waals surface area contributed by atoms with Crippen molar-refractivity contribution in [1.29, 1.82) is 0 Å². The monoisotopic (exact) mass is 416 g/mol. The predicted octanol–water partition coefficient (Wildman–Crippen LogP) is 6.54. The minimum Gasteiger partial charge on any atom is -0.493 e. The molecule has 1 heterocycles. The Bertz CT molecular complexity index is 1490. The molecular weight excluding hydrogens is 392 g/mol. The summed E-state index contributed by atoms with van der Waals surface area (Å²) in [5.74, 6) is 2.66. The number of furan rings is 1. The zero-order valence-corrected chi connectivity index (χ0v) is 18.5. The first-order valence-corrected chi connectivity index (χ1v) is 10.1. The van der Waals surface area contributed by atoms with E-state index in [1.54, 1.807) is 28.4 Å². The van der Waals surface area contributed by atoms with E-state index >= 15 is 0 Å². The Morgan fingerprint density at radius 1 is 0.516 bits per heavy atom. The number of ether oxygens (including phenoxy) is 4. The van der Waals surface area contributed by atoms with Gasteiger partial charge in [0.1, 0.15) is 11.2 Å². The lowest BCUT2D eigenvalue weighted by atomic mass is 9.95. The van der Waals surface area contributed by atoms with Gasteiger partial charge in [0.05, 0.1) is 28.4 Å². The van der Waals surface area contributed by atoms with E-state index in [1.165, 1.54) is 11.1 Å². The Hall–Kier alpha value is -3.60. The van der Waals surface area contributed by atoms with Crippen molar-refractivity contribution in [3.8, 4) is 23.0 Å². The molecule has 0 atom stereocenters.